The van der Waals surface area contributed by atoms with E-state index in [0.717, 1.165) is 12.8 Å². The van der Waals surface area contributed by atoms with E-state index in [1.165, 1.54) is 25.7 Å². The number of hydrogen-bond donors (Lipinski definition) is 0. The van der Waals surface area contributed by atoms with E-state index in [1.807, 2.05) is 0 Å². The number of rotatable bonds is 4. The molecule has 1 aliphatic rings. The van der Waals surface area contributed by atoms with Gasteiger partial charge in [-0.1, -0.05) is 40.5 Å². The first kappa shape index (κ1) is 12.7. The molecule has 0 amide bonds. The van der Waals surface area contributed by atoms with Gasteiger partial charge in [-0.3, -0.25) is 4.79 Å². The van der Waals surface area contributed by atoms with Gasteiger partial charge in [0.25, 0.3) is 0 Å². The molecule has 0 aromatic rings. The van der Waals surface area contributed by atoms with Crippen molar-refractivity contribution in [3.05, 3.63) is 0 Å². The van der Waals surface area contributed by atoms with E-state index in [-0.39, 0.29) is 5.41 Å². The molecule has 1 aliphatic carbocycles. The number of carbonyl (C=O) groups is 1. The predicted octanol–water partition coefficient (Wildman–Crippen LogP) is 4.21. The molecule has 1 saturated carbocycles. The van der Waals surface area contributed by atoms with Crippen LogP contribution in [0.25, 0.3) is 0 Å². The van der Waals surface area contributed by atoms with Gasteiger partial charge in [-0.15, -0.1) is 0 Å². The highest BCUT2D eigenvalue weighted by molar-refractivity contribution is 5.82. The molecule has 1 heteroatoms. The average Bonchev–Trinajstić information content (AvgIpc) is 2.14. The molecule has 0 spiro atoms. The molecule has 88 valence electrons. The summed E-state index contributed by atoms with van der Waals surface area (Å²) < 4.78 is 0. The summed E-state index contributed by atoms with van der Waals surface area (Å²) in [5.41, 5.74) is 0.229. The zero-order valence-corrected chi connectivity index (χ0v) is 10.8. The first-order chi connectivity index (χ1) is 6.97. The van der Waals surface area contributed by atoms with Crippen LogP contribution in [0.2, 0.25) is 0 Å². The molecule has 2 unspecified atom stereocenters. The van der Waals surface area contributed by atoms with Crippen molar-refractivity contribution in [2.24, 2.45) is 17.3 Å². The van der Waals surface area contributed by atoms with Crippen LogP contribution in [0.1, 0.15) is 66.2 Å². The SMILES string of the molecule is CCCCC(C)(C)C1CCC(C)CC1=O. The Morgan fingerprint density at radius 1 is 1.33 bits per heavy atom. The lowest BCUT2D eigenvalue weighted by Crippen LogP contribution is -2.35. The summed E-state index contributed by atoms with van der Waals surface area (Å²) in [4.78, 5) is 12.0. The van der Waals surface area contributed by atoms with E-state index < -0.39 is 0 Å². The quantitative estimate of drug-likeness (QED) is 0.679. The topological polar surface area (TPSA) is 17.1 Å². The summed E-state index contributed by atoms with van der Waals surface area (Å²) >= 11 is 0. The van der Waals surface area contributed by atoms with Crippen molar-refractivity contribution in [2.45, 2.75) is 66.2 Å². The van der Waals surface area contributed by atoms with Crippen LogP contribution in [-0.4, -0.2) is 5.78 Å². The lowest BCUT2D eigenvalue weighted by atomic mass is 9.66. The predicted molar refractivity (Wildman–Crippen MR) is 64.8 cm³/mol. The Morgan fingerprint density at radius 3 is 2.53 bits per heavy atom. The minimum Gasteiger partial charge on any atom is -0.299 e. The smallest absolute Gasteiger partial charge is 0.136 e. The second-order valence-corrected chi connectivity index (χ2v) is 6.00. The summed E-state index contributed by atoms with van der Waals surface area (Å²) in [5.74, 6) is 1.48. The van der Waals surface area contributed by atoms with Crippen LogP contribution in [0.4, 0.5) is 0 Å². The molecule has 1 nitrogen and oxygen atoms in total. The molecule has 0 heterocycles. The van der Waals surface area contributed by atoms with Gasteiger partial charge in [-0.25, -0.2) is 0 Å². The van der Waals surface area contributed by atoms with Gasteiger partial charge in [-0.2, -0.15) is 0 Å². The third kappa shape index (κ3) is 3.32. The third-order valence-electron chi connectivity index (χ3n) is 4.00. The molecule has 15 heavy (non-hydrogen) atoms. The number of unbranched alkanes of at least 4 members (excludes halogenated alkanes) is 1. The molecule has 0 aromatic carbocycles. The molecule has 0 N–H and O–H groups in total. The molecular weight excluding hydrogens is 184 g/mol. The Bertz CT molecular complexity index is 217. The van der Waals surface area contributed by atoms with Gasteiger partial charge in [0.15, 0.2) is 0 Å². The average molecular weight is 210 g/mol. The summed E-state index contributed by atoms with van der Waals surface area (Å²) in [6.45, 7) is 8.98. The molecule has 0 aromatic heterocycles. The highest BCUT2D eigenvalue weighted by Crippen LogP contribution is 2.40. The summed E-state index contributed by atoms with van der Waals surface area (Å²) in [6.07, 6.45) is 6.88. The highest BCUT2D eigenvalue weighted by Gasteiger charge is 2.37. The third-order valence-corrected chi connectivity index (χ3v) is 4.00. The molecule has 1 rings (SSSR count). The van der Waals surface area contributed by atoms with Gasteiger partial charge in [0.1, 0.15) is 5.78 Å². The number of hydrogen-bond acceptors (Lipinski definition) is 1. The standard InChI is InChI=1S/C14H26O/c1-5-6-9-14(3,4)12-8-7-11(2)10-13(12)15/h11-12H,5-10H2,1-4H3. The van der Waals surface area contributed by atoms with Gasteiger partial charge in [0.05, 0.1) is 0 Å². The maximum atomic E-state index is 12.0. The Hall–Kier alpha value is -0.330. The lowest BCUT2D eigenvalue weighted by molar-refractivity contribution is -0.130. The van der Waals surface area contributed by atoms with Gasteiger partial charge >= 0.3 is 0 Å². The number of carbonyl (C=O) groups excluding carboxylic acids is 1. The minimum atomic E-state index is 0.229. The van der Waals surface area contributed by atoms with Crippen molar-refractivity contribution < 1.29 is 4.79 Å². The molecule has 0 radical (unpaired) electrons. The minimum absolute atomic E-state index is 0.229. The van der Waals surface area contributed by atoms with E-state index in [2.05, 4.69) is 27.7 Å². The summed E-state index contributed by atoms with van der Waals surface area (Å²) in [7, 11) is 0. The fourth-order valence-electron chi connectivity index (χ4n) is 2.83. The molecule has 0 saturated heterocycles. The summed E-state index contributed by atoms with van der Waals surface area (Å²) in [5, 5.41) is 0. The first-order valence-electron chi connectivity index (χ1n) is 6.50. The van der Waals surface area contributed by atoms with E-state index in [0.29, 0.717) is 17.6 Å². The van der Waals surface area contributed by atoms with Crippen LogP contribution in [0.5, 0.6) is 0 Å². The lowest BCUT2D eigenvalue weighted by Gasteiger charge is -2.37. The normalized spacial score (nSPS) is 28.1. The Labute approximate surface area is 94.6 Å². The Kier molecular flexibility index (Phi) is 4.36. The monoisotopic (exact) mass is 210 g/mol. The van der Waals surface area contributed by atoms with Gasteiger partial charge in [0, 0.05) is 12.3 Å². The van der Waals surface area contributed by atoms with Crippen molar-refractivity contribution in [3.63, 3.8) is 0 Å². The van der Waals surface area contributed by atoms with Gasteiger partial charge in [-0.05, 0) is 30.6 Å². The molecule has 2 atom stereocenters. The second kappa shape index (κ2) is 5.14. The van der Waals surface area contributed by atoms with Crippen LogP contribution in [-0.2, 0) is 4.79 Å². The Morgan fingerprint density at radius 2 is 2.00 bits per heavy atom. The van der Waals surface area contributed by atoms with E-state index in [4.69, 9.17) is 0 Å². The molecular formula is C14H26O. The van der Waals surface area contributed by atoms with Crippen molar-refractivity contribution in [1.82, 2.24) is 0 Å². The van der Waals surface area contributed by atoms with Crippen LogP contribution in [0.3, 0.4) is 0 Å². The van der Waals surface area contributed by atoms with Crippen LogP contribution >= 0.6 is 0 Å². The van der Waals surface area contributed by atoms with Gasteiger partial charge in [0.2, 0.25) is 0 Å². The largest absolute Gasteiger partial charge is 0.299 e. The van der Waals surface area contributed by atoms with E-state index >= 15 is 0 Å². The zero-order valence-electron chi connectivity index (χ0n) is 10.8. The summed E-state index contributed by atoms with van der Waals surface area (Å²) in [6, 6.07) is 0. The van der Waals surface area contributed by atoms with E-state index in [9.17, 15) is 4.79 Å². The molecule has 0 aliphatic heterocycles. The zero-order chi connectivity index (χ0) is 11.5. The van der Waals surface area contributed by atoms with Crippen LogP contribution in [0, 0.1) is 17.3 Å². The first-order valence-corrected chi connectivity index (χ1v) is 6.50. The van der Waals surface area contributed by atoms with Crippen molar-refractivity contribution in [3.8, 4) is 0 Å². The van der Waals surface area contributed by atoms with Crippen LogP contribution in [0.15, 0.2) is 0 Å². The van der Waals surface area contributed by atoms with Crippen molar-refractivity contribution in [2.75, 3.05) is 0 Å². The maximum absolute atomic E-state index is 12.0. The molecule has 1 fully saturated rings. The fraction of sp³-hybridized carbons (Fsp3) is 0.929. The van der Waals surface area contributed by atoms with Gasteiger partial charge < -0.3 is 0 Å². The van der Waals surface area contributed by atoms with Crippen molar-refractivity contribution in [1.29, 1.82) is 0 Å². The highest BCUT2D eigenvalue weighted by atomic mass is 16.1. The number of Topliss-reactive ketones (excluding diaryl/α,β-unsaturated/α-hetero) is 1. The van der Waals surface area contributed by atoms with E-state index in [1.54, 1.807) is 0 Å². The Balaban J connectivity index is 2.57. The van der Waals surface area contributed by atoms with Crippen molar-refractivity contribution >= 4 is 5.78 Å². The van der Waals surface area contributed by atoms with Crippen LogP contribution < -0.4 is 0 Å². The maximum Gasteiger partial charge on any atom is 0.136 e. The molecule has 0 bridgehead atoms. The fourth-order valence-corrected chi connectivity index (χ4v) is 2.83. The second-order valence-electron chi connectivity index (χ2n) is 6.00. The number of ketones is 1.